The fourth-order valence-electron chi connectivity index (χ4n) is 1.52. The van der Waals surface area contributed by atoms with Gasteiger partial charge in [-0.1, -0.05) is 6.92 Å². The highest BCUT2D eigenvalue weighted by Crippen LogP contribution is 2.06. The second-order valence-electron chi connectivity index (χ2n) is 3.63. The van der Waals surface area contributed by atoms with Crippen LogP contribution in [0.4, 0.5) is 0 Å². The van der Waals surface area contributed by atoms with Gasteiger partial charge in [-0.25, -0.2) is 9.97 Å². The van der Waals surface area contributed by atoms with E-state index in [0.717, 1.165) is 37.6 Å². The van der Waals surface area contributed by atoms with E-state index < -0.39 is 0 Å². The van der Waals surface area contributed by atoms with Gasteiger partial charge in [-0.2, -0.15) is 0 Å². The minimum atomic E-state index is 0.812. The fourth-order valence-corrected chi connectivity index (χ4v) is 2.07. The molecule has 5 heteroatoms. The molecule has 16 heavy (non-hydrogen) atoms. The number of rotatable bonds is 6. The third-order valence-electron chi connectivity index (χ3n) is 2.33. The summed E-state index contributed by atoms with van der Waals surface area (Å²) in [6.45, 7) is 4.83. The van der Waals surface area contributed by atoms with E-state index in [1.807, 2.05) is 17.9 Å². The Morgan fingerprint density at radius 3 is 3.12 bits per heavy atom. The normalized spacial score (nSPS) is 10.8. The maximum absolute atomic E-state index is 4.34. The Morgan fingerprint density at radius 2 is 2.38 bits per heavy atom. The molecule has 0 aliphatic rings. The number of nitrogens with one attached hydrogen (secondary N) is 1. The van der Waals surface area contributed by atoms with Crippen molar-refractivity contribution >= 4 is 11.3 Å². The largest absolute Gasteiger partial charge is 0.328 e. The lowest BCUT2D eigenvalue weighted by Crippen LogP contribution is -2.17. The molecule has 2 aromatic rings. The van der Waals surface area contributed by atoms with Crippen molar-refractivity contribution in [3.8, 4) is 0 Å². The predicted molar refractivity (Wildman–Crippen MR) is 65.4 cm³/mol. The molecule has 0 aliphatic heterocycles. The maximum Gasteiger partial charge on any atom is 0.123 e. The summed E-state index contributed by atoms with van der Waals surface area (Å²) < 4.78 is 2.14. The maximum atomic E-state index is 4.34. The lowest BCUT2D eigenvalue weighted by Gasteiger charge is -2.06. The highest BCUT2D eigenvalue weighted by atomic mass is 32.1. The Labute approximate surface area is 99.4 Å². The van der Waals surface area contributed by atoms with Crippen LogP contribution in [0.25, 0.3) is 0 Å². The minimum absolute atomic E-state index is 0.812. The molecular formula is C11H16N4S. The molecule has 0 bridgehead atoms. The van der Waals surface area contributed by atoms with Crippen LogP contribution in [0.1, 0.15) is 24.9 Å². The van der Waals surface area contributed by atoms with Crippen LogP contribution >= 0.6 is 11.3 Å². The Bertz CT molecular complexity index is 407. The van der Waals surface area contributed by atoms with Crippen LogP contribution in [0.3, 0.4) is 0 Å². The van der Waals surface area contributed by atoms with Crippen LogP contribution in [0, 0.1) is 0 Å². The van der Waals surface area contributed by atoms with Crippen molar-refractivity contribution in [3.63, 3.8) is 0 Å². The van der Waals surface area contributed by atoms with Gasteiger partial charge in [-0.3, -0.25) is 0 Å². The number of nitrogens with zero attached hydrogens (tertiary/aromatic N) is 3. The highest BCUT2D eigenvalue weighted by molar-refractivity contribution is 7.07. The molecule has 0 atom stereocenters. The molecule has 0 aliphatic carbocycles. The molecule has 1 N–H and O–H groups in total. The molecule has 0 saturated carbocycles. The summed E-state index contributed by atoms with van der Waals surface area (Å²) in [6.07, 6.45) is 4.99. The number of aromatic nitrogens is 3. The topological polar surface area (TPSA) is 42.7 Å². The summed E-state index contributed by atoms with van der Waals surface area (Å²) in [5.41, 5.74) is 2.96. The second kappa shape index (κ2) is 5.77. The number of hydrogen-bond donors (Lipinski definition) is 1. The van der Waals surface area contributed by atoms with E-state index in [4.69, 9.17) is 0 Å². The third kappa shape index (κ3) is 2.90. The van der Waals surface area contributed by atoms with Crippen LogP contribution in [0.2, 0.25) is 0 Å². The smallest absolute Gasteiger partial charge is 0.123 e. The molecule has 4 nitrogen and oxygen atoms in total. The minimum Gasteiger partial charge on any atom is -0.328 e. The molecular weight excluding hydrogens is 220 g/mol. The van der Waals surface area contributed by atoms with Gasteiger partial charge in [0.05, 0.1) is 24.3 Å². The standard InChI is InChI=1S/C11H16N4S/c1-2-3-12-6-11-13-4-5-15(11)7-10-8-16-9-14-10/h4-5,8-9,12H,2-3,6-7H2,1H3. The molecule has 0 spiro atoms. The van der Waals surface area contributed by atoms with Crippen LogP contribution in [-0.4, -0.2) is 21.1 Å². The van der Waals surface area contributed by atoms with Gasteiger partial charge in [-0.05, 0) is 13.0 Å². The zero-order valence-electron chi connectivity index (χ0n) is 9.39. The zero-order valence-corrected chi connectivity index (χ0v) is 10.2. The van der Waals surface area contributed by atoms with Crippen LogP contribution in [0.15, 0.2) is 23.3 Å². The van der Waals surface area contributed by atoms with Crippen molar-refractivity contribution in [1.82, 2.24) is 19.9 Å². The third-order valence-corrected chi connectivity index (χ3v) is 2.96. The van der Waals surface area contributed by atoms with Gasteiger partial charge in [0, 0.05) is 17.8 Å². The molecule has 2 heterocycles. The summed E-state index contributed by atoms with van der Waals surface area (Å²) >= 11 is 1.63. The Kier molecular flexibility index (Phi) is 4.07. The summed E-state index contributed by atoms with van der Waals surface area (Å²) in [7, 11) is 0. The van der Waals surface area contributed by atoms with Crippen molar-refractivity contribution in [2.24, 2.45) is 0 Å². The van der Waals surface area contributed by atoms with Gasteiger partial charge in [0.15, 0.2) is 0 Å². The molecule has 0 saturated heterocycles. The van der Waals surface area contributed by atoms with Gasteiger partial charge in [0.2, 0.25) is 0 Å². The van der Waals surface area contributed by atoms with Crippen molar-refractivity contribution in [3.05, 3.63) is 34.8 Å². The Balaban J connectivity index is 1.96. The second-order valence-corrected chi connectivity index (χ2v) is 4.35. The van der Waals surface area contributed by atoms with E-state index in [9.17, 15) is 0 Å². The van der Waals surface area contributed by atoms with Crippen molar-refractivity contribution < 1.29 is 0 Å². The zero-order chi connectivity index (χ0) is 11.2. The molecule has 0 aromatic carbocycles. The first-order valence-corrected chi connectivity index (χ1v) is 6.42. The van der Waals surface area contributed by atoms with Crippen LogP contribution in [-0.2, 0) is 13.1 Å². The van der Waals surface area contributed by atoms with E-state index in [-0.39, 0.29) is 0 Å². The van der Waals surface area contributed by atoms with Gasteiger partial charge in [0.1, 0.15) is 5.82 Å². The average molecular weight is 236 g/mol. The fraction of sp³-hybridized carbons (Fsp3) is 0.455. The summed E-state index contributed by atoms with van der Waals surface area (Å²) in [5, 5.41) is 5.43. The van der Waals surface area contributed by atoms with Crippen LogP contribution < -0.4 is 5.32 Å². The first-order valence-electron chi connectivity index (χ1n) is 5.48. The van der Waals surface area contributed by atoms with E-state index in [1.54, 1.807) is 11.3 Å². The SMILES string of the molecule is CCCNCc1nccn1Cc1cscn1. The van der Waals surface area contributed by atoms with E-state index in [1.165, 1.54) is 0 Å². The number of imidazole rings is 1. The highest BCUT2D eigenvalue weighted by Gasteiger charge is 2.03. The number of thiazole rings is 1. The molecule has 2 rings (SSSR count). The van der Waals surface area contributed by atoms with E-state index in [2.05, 4.69) is 32.2 Å². The molecule has 0 radical (unpaired) electrons. The summed E-state index contributed by atoms with van der Waals surface area (Å²) in [4.78, 5) is 8.62. The van der Waals surface area contributed by atoms with Gasteiger partial charge in [-0.15, -0.1) is 11.3 Å². The van der Waals surface area contributed by atoms with Gasteiger partial charge in [0.25, 0.3) is 0 Å². The van der Waals surface area contributed by atoms with Crippen molar-refractivity contribution in [2.45, 2.75) is 26.4 Å². The van der Waals surface area contributed by atoms with Gasteiger partial charge < -0.3 is 9.88 Å². The molecule has 0 amide bonds. The summed E-state index contributed by atoms with van der Waals surface area (Å²) in [6, 6.07) is 0. The van der Waals surface area contributed by atoms with E-state index >= 15 is 0 Å². The average Bonchev–Trinajstić information content (AvgIpc) is 2.92. The van der Waals surface area contributed by atoms with Crippen molar-refractivity contribution in [2.75, 3.05) is 6.54 Å². The van der Waals surface area contributed by atoms with E-state index in [0.29, 0.717) is 0 Å². The van der Waals surface area contributed by atoms with Crippen molar-refractivity contribution in [1.29, 1.82) is 0 Å². The first-order chi connectivity index (χ1) is 7.90. The Morgan fingerprint density at radius 1 is 1.44 bits per heavy atom. The Hall–Kier alpha value is -1.20. The van der Waals surface area contributed by atoms with Gasteiger partial charge >= 0.3 is 0 Å². The molecule has 86 valence electrons. The molecule has 0 fully saturated rings. The predicted octanol–water partition coefficient (Wildman–Crippen LogP) is 1.89. The number of hydrogen-bond acceptors (Lipinski definition) is 4. The lowest BCUT2D eigenvalue weighted by molar-refractivity contribution is 0.613. The molecule has 0 unspecified atom stereocenters. The lowest BCUT2D eigenvalue weighted by atomic mass is 10.4. The molecule has 2 aromatic heterocycles. The quantitative estimate of drug-likeness (QED) is 0.779. The monoisotopic (exact) mass is 236 g/mol. The first kappa shape index (κ1) is 11.3. The van der Waals surface area contributed by atoms with Crippen LogP contribution in [0.5, 0.6) is 0 Å². The summed E-state index contributed by atoms with van der Waals surface area (Å²) in [5.74, 6) is 1.07.